The molecule has 0 aliphatic rings. The Morgan fingerprint density at radius 1 is 1.58 bits per heavy atom. The highest BCUT2D eigenvalue weighted by Gasteiger charge is 2.02. The van der Waals surface area contributed by atoms with Crippen molar-refractivity contribution in [2.75, 3.05) is 25.0 Å². The maximum absolute atomic E-state index is 5.45. The molecule has 1 rings (SSSR count). The van der Waals surface area contributed by atoms with Crippen molar-refractivity contribution in [1.82, 2.24) is 4.98 Å². The van der Waals surface area contributed by atoms with E-state index in [9.17, 15) is 0 Å². The number of nitrogens with two attached hydrogens (primary N) is 1. The molecular weight excluding hydrogens is 150 g/mol. The van der Waals surface area contributed by atoms with E-state index in [2.05, 4.69) is 22.9 Å². The first kappa shape index (κ1) is 9.00. The third kappa shape index (κ3) is 1.95. The molecule has 0 saturated heterocycles. The SMILES string of the molecule is Cc1cccnc1N(C)CCN. The lowest BCUT2D eigenvalue weighted by molar-refractivity contribution is 0.863. The Hall–Kier alpha value is -1.09. The zero-order valence-electron chi connectivity index (χ0n) is 7.62. The Morgan fingerprint density at radius 2 is 2.33 bits per heavy atom. The van der Waals surface area contributed by atoms with Gasteiger partial charge in [0, 0.05) is 26.3 Å². The van der Waals surface area contributed by atoms with Crippen LogP contribution in [0.5, 0.6) is 0 Å². The molecule has 0 atom stereocenters. The second-order valence-corrected chi connectivity index (χ2v) is 2.85. The van der Waals surface area contributed by atoms with Gasteiger partial charge in [-0.25, -0.2) is 4.98 Å². The number of nitrogens with zero attached hydrogens (tertiary/aromatic N) is 2. The maximum atomic E-state index is 5.45. The third-order valence-corrected chi connectivity index (χ3v) is 1.81. The summed E-state index contributed by atoms with van der Waals surface area (Å²) in [5, 5.41) is 0. The van der Waals surface area contributed by atoms with Crippen LogP contribution in [-0.4, -0.2) is 25.1 Å². The van der Waals surface area contributed by atoms with Gasteiger partial charge in [-0.3, -0.25) is 0 Å². The Labute approximate surface area is 73.2 Å². The predicted molar refractivity (Wildman–Crippen MR) is 51.3 cm³/mol. The normalized spacial score (nSPS) is 9.92. The van der Waals surface area contributed by atoms with Crippen molar-refractivity contribution < 1.29 is 0 Å². The molecule has 0 aliphatic heterocycles. The molecule has 3 nitrogen and oxygen atoms in total. The molecule has 1 aromatic heterocycles. The van der Waals surface area contributed by atoms with Gasteiger partial charge in [0.15, 0.2) is 0 Å². The zero-order chi connectivity index (χ0) is 8.97. The van der Waals surface area contributed by atoms with E-state index in [0.29, 0.717) is 6.54 Å². The van der Waals surface area contributed by atoms with E-state index in [0.717, 1.165) is 12.4 Å². The molecule has 66 valence electrons. The van der Waals surface area contributed by atoms with Gasteiger partial charge in [-0.1, -0.05) is 6.07 Å². The van der Waals surface area contributed by atoms with Crippen LogP contribution >= 0.6 is 0 Å². The summed E-state index contributed by atoms with van der Waals surface area (Å²) >= 11 is 0. The molecule has 0 radical (unpaired) electrons. The van der Waals surface area contributed by atoms with Crippen LogP contribution in [0.4, 0.5) is 5.82 Å². The molecule has 1 heterocycles. The van der Waals surface area contributed by atoms with Gasteiger partial charge in [0.2, 0.25) is 0 Å². The smallest absolute Gasteiger partial charge is 0.131 e. The summed E-state index contributed by atoms with van der Waals surface area (Å²) in [6, 6.07) is 3.99. The minimum atomic E-state index is 0.659. The van der Waals surface area contributed by atoms with Crippen molar-refractivity contribution in [2.45, 2.75) is 6.92 Å². The molecular formula is C9H15N3. The Bertz CT molecular complexity index is 247. The lowest BCUT2D eigenvalue weighted by Gasteiger charge is -2.18. The number of hydrogen-bond acceptors (Lipinski definition) is 3. The van der Waals surface area contributed by atoms with E-state index in [1.54, 1.807) is 6.20 Å². The number of aromatic nitrogens is 1. The minimum absolute atomic E-state index is 0.659. The number of aryl methyl sites for hydroxylation is 1. The van der Waals surface area contributed by atoms with Crippen LogP contribution in [0.15, 0.2) is 18.3 Å². The van der Waals surface area contributed by atoms with Gasteiger partial charge < -0.3 is 10.6 Å². The van der Waals surface area contributed by atoms with Gasteiger partial charge in [-0.05, 0) is 18.6 Å². The van der Waals surface area contributed by atoms with Crippen molar-refractivity contribution in [3.8, 4) is 0 Å². The standard InChI is InChI=1S/C9H15N3/c1-8-4-3-6-11-9(8)12(2)7-5-10/h3-4,6H,5,7,10H2,1-2H3. The molecule has 0 amide bonds. The highest BCUT2D eigenvalue weighted by atomic mass is 15.2. The second kappa shape index (κ2) is 4.07. The minimum Gasteiger partial charge on any atom is -0.358 e. The van der Waals surface area contributed by atoms with Crippen molar-refractivity contribution in [3.05, 3.63) is 23.9 Å². The van der Waals surface area contributed by atoms with Crippen LogP contribution in [-0.2, 0) is 0 Å². The van der Waals surface area contributed by atoms with Crippen LogP contribution in [0, 0.1) is 6.92 Å². The van der Waals surface area contributed by atoms with E-state index in [-0.39, 0.29) is 0 Å². The molecule has 0 fully saturated rings. The van der Waals surface area contributed by atoms with Gasteiger partial charge >= 0.3 is 0 Å². The number of hydrogen-bond donors (Lipinski definition) is 1. The van der Waals surface area contributed by atoms with E-state index in [1.165, 1.54) is 5.56 Å². The van der Waals surface area contributed by atoms with Crippen LogP contribution in [0.25, 0.3) is 0 Å². The van der Waals surface area contributed by atoms with Crippen molar-refractivity contribution in [2.24, 2.45) is 5.73 Å². The summed E-state index contributed by atoms with van der Waals surface area (Å²) in [6.07, 6.45) is 1.80. The molecule has 0 aromatic carbocycles. The van der Waals surface area contributed by atoms with Crippen molar-refractivity contribution >= 4 is 5.82 Å². The highest BCUT2D eigenvalue weighted by molar-refractivity contribution is 5.44. The third-order valence-electron chi connectivity index (χ3n) is 1.81. The van der Waals surface area contributed by atoms with E-state index in [1.807, 2.05) is 13.1 Å². The number of pyridine rings is 1. The van der Waals surface area contributed by atoms with Crippen LogP contribution in [0.3, 0.4) is 0 Å². The summed E-state index contributed by atoms with van der Waals surface area (Å²) in [5.74, 6) is 1.02. The number of anilines is 1. The van der Waals surface area contributed by atoms with Crippen LogP contribution in [0.2, 0.25) is 0 Å². The van der Waals surface area contributed by atoms with E-state index < -0.39 is 0 Å². The summed E-state index contributed by atoms with van der Waals surface area (Å²) in [7, 11) is 2.00. The molecule has 0 bridgehead atoms. The van der Waals surface area contributed by atoms with Gasteiger partial charge in [-0.2, -0.15) is 0 Å². The molecule has 3 heteroatoms. The molecule has 0 aliphatic carbocycles. The summed E-state index contributed by atoms with van der Waals surface area (Å²) in [4.78, 5) is 6.33. The first-order valence-electron chi connectivity index (χ1n) is 4.08. The molecule has 2 N–H and O–H groups in total. The average molecular weight is 165 g/mol. The van der Waals surface area contributed by atoms with E-state index in [4.69, 9.17) is 5.73 Å². The summed E-state index contributed by atoms with van der Waals surface area (Å²) in [6.45, 7) is 3.56. The van der Waals surface area contributed by atoms with Crippen molar-refractivity contribution in [3.63, 3.8) is 0 Å². The fourth-order valence-corrected chi connectivity index (χ4v) is 1.18. The largest absolute Gasteiger partial charge is 0.358 e. The van der Waals surface area contributed by atoms with E-state index >= 15 is 0 Å². The van der Waals surface area contributed by atoms with Crippen LogP contribution < -0.4 is 10.6 Å². The topological polar surface area (TPSA) is 42.2 Å². The lowest BCUT2D eigenvalue weighted by atomic mass is 10.3. The van der Waals surface area contributed by atoms with Gasteiger partial charge in [0.25, 0.3) is 0 Å². The zero-order valence-corrected chi connectivity index (χ0v) is 7.62. The Kier molecular flexibility index (Phi) is 3.05. The Morgan fingerprint density at radius 3 is 2.92 bits per heavy atom. The van der Waals surface area contributed by atoms with Gasteiger partial charge in [-0.15, -0.1) is 0 Å². The molecule has 1 aromatic rings. The molecule has 0 saturated carbocycles. The monoisotopic (exact) mass is 165 g/mol. The number of rotatable bonds is 3. The molecule has 12 heavy (non-hydrogen) atoms. The summed E-state index contributed by atoms with van der Waals surface area (Å²) in [5.41, 5.74) is 6.64. The highest BCUT2D eigenvalue weighted by Crippen LogP contribution is 2.12. The van der Waals surface area contributed by atoms with Crippen LogP contribution in [0.1, 0.15) is 5.56 Å². The lowest BCUT2D eigenvalue weighted by Crippen LogP contribution is -2.26. The Balaban J connectivity index is 2.79. The maximum Gasteiger partial charge on any atom is 0.131 e. The second-order valence-electron chi connectivity index (χ2n) is 2.85. The predicted octanol–water partition coefficient (Wildman–Crippen LogP) is 0.785. The van der Waals surface area contributed by atoms with Gasteiger partial charge in [0.05, 0.1) is 0 Å². The average Bonchev–Trinajstić information content (AvgIpc) is 2.05. The van der Waals surface area contributed by atoms with Gasteiger partial charge in [0.1, 0.15) is 5.82 Å². The first-order valence-corrected chi connectivity index (χ1v) is 4.08. The first-order chi connectivity index (χ1) is 5.75. The fourth-order valence-electron chi connectivity index (χ4n) is 1.18. The quantitative estimate of drug-likeness (QED) is 0.720. The fraction of sp³-hybridized carbons (Fsp3) is 0.444. The van der Waals surface area contributed by atoms with Crippen molar-refractivity contribution in [1.29, 1.82) is 0 Å². The molecule has 0 spiro atoms. The molecule has 0 unspecified atom stereocenters. The summed E-state index contributed by atoms with van der Waals surface area (Å²) < 4.78 is 0. The number of likely N-dealkylation sites (N-methyl/N-ethyl adjacent to an activating group) is 1.